The van der Waals surface area contributed by atoms with Crippen molar-refractivity contribution in [2.24, 2.45) is 0 Å². The van der Waals surface area contributed by atoms with E-state index in [1.165, 1.54) is 15.7 Å². The summed E-state index contributed by atoms with van der Waals surface area (Å²) in [5.41, 5.74) is 0.609. The number of benzene rings is 2. The molecule has 2 aromatic rings. The fourth-order valence-electron chi connectivity index (χ4n) is 1.46. The average molecular weight is 225 g/mol. The Morgan fingerprint density at radius 2 is 1.94 bits per heavy atom. The molecule has 0 atom stereocenters. The summed E-state index contributed by atoms with van der Waals surface area (Å²) in [7, 11) is 0. The van der Waals surface area contributed by atoms with E-state index in [2.05, 4.69) is 43.0 Å². The van der Waals surface area contributed by atoms with E-state index in [0.717, 1.165) is 0 Å². The number of hydrogen-bond donors (Lipinski definition) is 0. The van der Waals surface area contributed by atoms with E-state index in [1.54, 1.807) is 11.8 Å². The Kier molecular flexibility index (Phi) is 3.28. The zero-order chi connectivity index (χ0) is 11.4. The molecule has 2 rings (SSSR count). The molecule has 78 valence electrons. The summed E-state index contributed by atoms with van der Waals surface area (Å²) in [5.74, 6) is 0.662. The number of rotatable bonds is 3. The highest BCUT2D eigenvalue weighted by Crippen LogP contribution is 2.24. The molecule has 0 aromatic heterocycles. The monoisotopic (exact) mass is 225 g/mol. The highest BCUT2D eigenvalue weighted by Gasteiger charge is 1.98. The normalized spacial score (nSPS) is 9.94. The van der Waals surface area contributed by atoms with Crippen molar-refractivity contribution >= 4 is 22.5 Å². The van der Waals surface area contributed by atoms with Gasteiger partial charge in [-0.3, -0.25) is 0 Å². The lowest BCUT2D eigenvalue weighted by Gasteiger charge is -2.02. The molecule has 0 amide bonds. The predicted molar refractivity (Wildman–Crippen MR) is 69.4 cm³/mol. The summed E-state index contributed by atoms with van der Waals surface area (Å²) < 4.78 is 0. The van der Waals surface area contributed by atoms with Crippen LogP contribution >= 0.6 is 11.8 Å². The van der Waals surface area contributed by atoms with E-state index >= 15 is 0 Å². The lowest BCUT2D eigenvalue weighted by atomic mass is 10.1. The van der Waals surface area contributed by atoms with Gasteiger partial charge in [-0.15, -0.1) is 11.8 Å². The van der Waals surface area contributed by atoms with E-state index in [1.807, 2.05) is 12.1 Å². The standard InChI is InChI=1S/C14H11NS/c1-11(9-15)10-16-14-7-6-12-4-2-3-5-13(12)8-14/h2-8H,1,10H2. The molecular formula is C14H11NS. The fraction of sp³-hybridized carbons (Fsp3) is 0.0714. The molecule has 1 nitrogen and oxygen atoms in total. The van der Waals surface area contributed by atoms with E-state index in [-0.39, 0.29) is 0 Å². The first-order chi connectivity index (χ1) is 7.79. The molecule has 0 N–H and O–H groups in total. The van der Waals surface area contributed by atoms with Crippen LogP contribution in [0.4, 0.5) is 0 Å². The minimum Gasteiger partial charge on any atom is -0.193 e. The lowest BCUT2D eigenvalue weighted by Crippen LogP contribution is -1.81. The van der Waals surface area contributed by atoms with Crippen molar-refractivity contribution < 1.29 is 0 Å². The molecule has 0 aliphatic carbocycles. The third-order valence-electron chi connectivity index (χ3n) is 2.29. The number of nitriles is 1. The van der Waals surface area contributed by atoms with E-state index < -0.39 is 0 Å². The SMILES string of the molecule is C=C(C#N)CSc1ccc2ccccc2c1. The molecule has 0 aliphatic rings. The Morgan fingerprint density at radius 3 is 2.69 bits per heavy atom. The smallest absolute Gasteiger partial charge is 0.0949 e. The maximum atomic E-state index is 8.62. The van der Waals surface area contributed by atoms with Gasteiger partial charge in [-0.25, -0.2) is 0 Å². The molecule has 0 saturated carbocycles. The molecule has 0 unspecified atom stereocenters. The zero-order valence-electron chi connectivity index (χ0n) is 8.81. The Hall–Kier alpha value is -1.72. The van der Waals surface area contributed by atoms with Gasteiger partial charge < -0.3 is 0 Å². The Morgan fingerprint density at radius 1 is 1.19 bits per heavy atom. The highest BCUT2D eigenvalue weighted by atomic mass is 32.2. The average Bonchev–Trinajstić information content (AvgIpc) is 2.35. The van der Waals surface area contributed by atoms with Gasteiger partial charge in [-0.2, -0.15) is 5.26 Å². The van der Waals surface area contributed by atoms with E-state index in [4.69, 9.17) is 5.26 Å². The Bertz CT molecular complexity index is 566. The topological polar surface area (TPSA) is 23.8 Å². The second-order valence-corrected chi connectivity index (χ2v) is 4.56. The number of thioether (sulfide) groups is 1. The predicted octanol–water partition coefficient (Wildman–Crippen LogP) is 4.01. The molecule has 0 spiro atoms. The van der Waals surface area contributed by atoms with Crippen LogP contribution in [-0.4, -0.2) is 5.75 Å². The Balaban J connectivity index is 2.20. The molecule has 0 saturated heterocycles. The van der Waals surface area contributed by atoms with Crippen LogP contribution < -0.4 is 0 Å². The number of nitrogens with zero attached hydrogens (tertiary/aromatic N) is 1. The van der Waals surface area contributed by atoms with Crippen molar-refractivity contribution in [1.29, 1.82) is 5.26 Å². The second kappa shape index (κ2) is 4.87. The first-order valence-corrected chi connectivity index (χ1v) is 5.97. The van der Waals surface area contributed by atoms with Gasteiger partial charge in [0.2, 0.25) is 0 Å². The maximum absolute atomic E-state index is 8.62. The van der Waals surface area contributed by atoms with Gasteiger partial charge in [0.05, 0.1) is 6.07 Å². The molecule has 0 radical (unpaired) electrons. The van der Waals surface area contributed by atoms with Crippen molar-refractivity contribution in [2.75, 3.05) is 5.75 Å². The molecule has 0 bridgehead atoms. The summed E-state index contributed by atoms with van der Waals surface area (Å²) in [6.07, 6.45) is 0. The van der Waals surface area contributed by atoms with Gasteiger partial charge in [0.1, 0.15) is 0 Å². The molecular weight excluding hydrogens is 214 g/mol. The second-order valence-electron chi connectivity index (χ2n) is 3.51. The van der Waals surface area contributed by atoms with Crippen molar-refractivity contribution in [1.82, 2.24) is 0 Å². The molecule has 0 aliphatic heterocycles. The van der Waals surface area contributed by atoms with Crippen LogP contribution in [0.5, 0.6) is 0 Å². The third kappa shape index (κ3) is 2.44. The first-order valence-electron chi connectivity index (χ1n) is 4.99. The highest BCUT2D eigenvalue weighted by molar-refractivity contribution is 7.99. The molecule has 2 heteroatoms. The summed E-state index contributed by atoms with van der Waals surface area (Å²) in [5, 5.41) is 11.1. The van der Waals surface area contributed by atoms with E-state index in [0.29, 0.717) is 11.3 Å². The van der Waals surface area contributed by atoms with Crippen LogP contribution in [0.3, 0.4) is 0 Å². The molecule has 0 heterocycles. The third-order valence-corrected chi connectivity index (χ3v) is 3.37. The molecule has 0 fully saturated rings. The van der Waals surface area contributed by atoms with Crippen LogP contribution in [0.25, 0.3) is 10.8 Å². The van der Waals surface area contributed by atoms with Gasteiger partial charge in [-0.1, -0.05) is 36.9 Å². The van der Waals surface area contributed by atoms with Crippen molar-refractivity contribution in [3.8, 4) is 6.07 Å². The van der Waals surface area contributed by atoms with Crippen molar-refractivity contribution in [2.45, 2.75) is 4.90 Å². The van der Waals surface area contributed by atoms with Crippen LogP contribution in [0.15, 0.2) is 59.5 Å². The summed E-state index contributed by atoms with van der Waals surface area (Å²) in [6.45, 7) is 3.67. The first kappa shape index (κ1) is 10.8. The maximum Gasteiger partial charge on any atom is 0.0949 e. The quantitative estimate of drug-likeness (QED) is 0.582. The number of fused-ring (bicyclic) bond motifs is 1. The minimum atomic E-state index is 0.609. The molecule has 16 heavy (non-hydrogen) atoms. The van der Waals surface area contributed by atoms with Gasteiger partial charge in [0.25, 0.3) is 0 Å². The summed E-state index contributed by atoms with van der Waals surface area (Å²) >= 11 is 1.65. The van der Waals surface area contributed by atoms with Crippen LogP contribution in [0.1, 0.15) is 0 Å². The summed E-state index contributed by atoms with van der Waals surface area (Å²) in [4.78, 5) is 1.18. The van der Waals surface area contributed by atoms with Gasteiger partial charge in [0.15, 0.2) is 0 Å². The fourth-order valence-corrected chi connectivity index (χ4v) is 2.24. The molecule has 2 aromatic carbocycles. The van der Waals surface area contributed by atoms with Gasteiger partial charge in [-0.05, 0) is 22.9 Å². The van der Waals surface area contributed by atoms with Gasteiger partial charge in [0, 0.05) is 16.2 Å². The van der Waals surface area contributed by atoms with Gasteiger partial charge >= 0.3 is 0 Å². The Labute approximate surface area is 99.4 Å². The van der Waals surface area contributed by atoms with Crippen molar-refractivity contribution in [3.63, 3.8) is 0 Å². The minimum absolute atomic E-state index is 0.609. The largest absolute Gasteiger partial charge is 0.193 e. The zero-order valence-corrected chi connectivity index (χ0v) is 9.63. The van der Waals surface area contributed by atoms with Crippen molar-refractivity contribution in [3.05, 3.63) is 54.6 Å². The lowest BCUT2D eigenvalue weighted by molar-refractivity contribution is 1.45. The number of hydrogen-bond acceptors (Lipinski definition) is 2. The summed E-state index contributed by atoms with van der Waals surface area (Å²) in [6, 6.07) is 16.6. The van der Waals surface area contributed by atoms with E-state index in [9.17, 15) is 0 Å². The van der Waals surface area contributed by atoms with Crippen LogP contribution in [0.2, 0.25) is 0 Å². The van der Waals surface area contributed by atoms with Crippen LogP contribution in [-0.2, 0) is 0 Å². The van der Waals surface area contributed by atoms with Crippen LogP contribution in [0, 0.1) is 11.3 Å².